The molecular weight excluding hydrogens is 408 g/mol. The van der Waals surface area contributed by atoms with Gasteiger partial charge in [-0.15, -0.1) is 0 Å². The lowest BCUT2D eigenvalue weighted by atomic mass is 9.76. The van der Waals surface area contributed by atoms with E-state index in [2.05, 4.69) is 20.2 Å². The molecule has 1 aromatic heterocycles. The van der Waals surface area contributed by atoms with Crippen LogP contribution in [0.4, 0.5) is 16.4 Å². The van der Waals surface area contributed by atoms with E-state index in [1.54, 1.807) is 42.7 Å². The van der Waals surface area contributed by atoms with E-state index >= 15 is 0 Å². The molecule has 2 aromatic rings. The predicted octanol–water partition coefficient (Wildman–Crippen LogP) is 1.67. The van der Waals surface area contributed by atoms with Crippen molar-refractivity contribution < 1.29 is 14.4 Å². The average Bonchev–Trinajstić information content (AvgIpc) is 2.84. The monoisotopic (exact) mass is 434 g/mol. The number of fused-ring (bicyclic) bond motifs is 1. The number of benzene rings is 1. The number of carbonyl (C=O) groups is 3. The maximum absolute atomic E-state index is 13.2. The molecular formula is C23H26N6O3. The number of anilines is 2. The van der Waals surface area contributed by atoms with Crippen molar-refractivity contribution in [1.82, 2.24) is 20.2 Å². The van der Waals surface area contributed by atoms with Gasteiger partial charge in [0.1, 0.15) is 0 Å². The average molecular weight is 435 g/mol. The van der Waals surface area contributed by atoms with Crippen LogP contribution in [-0.4, -0.2) is 64.9 Å². The first-order valence-electron chi connectivity index (χ1n) is 11.1. The Kier molecular flexibility index (Phi) is 5.46. The number of nitrogens with one attached hydrogen (secondary N) is 1. The van der Waals surface area contributed by atoms with Gasteiger partial charge in [0.15, 0.2) is 0 Å². The molecule has 32 heavy (non-hydrogen) atoms. The number of para-hydroxylation sites is 1. The quantitative estimate of drug-likeness (QED) is 0.789. The molecule has 9 heteroatoms. The first-order chi connectivity index (χ1) is 15.6. The fourth-order valence-electron chi connectivity index (χ4n) is 5.00. The van der Waals surface area contributed by atoms with E-state index in [-0.39, 0.29) is 29.7 Å². The second kappa shape index (κ2) is 8.57. The molecule has 1 saturated carbocycles. The molecule has 5 rings (SSSR count). The lowest BCUT2D eigenvalue weighted by Gasteiger charge is -2.43. The van der Waals surface area contributed by atoms with E-state index in [0.29, 0.717) is 57.1 Å². The van der Waals surface area contributed by atoms with Crippen LogP contribution in [0, 0.1) is 11.8 Å². The number of carbonyl (C=O) groups excluding carboxylic acids is 3. The van der Waals surface area contributed by atoms with Crippen LogP contribution in [0.2, 0.25) is 0 Å². The molecule has 0 bridgehead atoms. The zero-order valence-electron chi connectivity index (χ0n) is 17.8. The Labute approximate surface area is 186 Å². The number of piperazine rings is 1. The number of rotatable bonds is 3. The van der Waals surface area contributed by atoms with Gasteiger partial charge in [0.05, 0.1) is 11.6 Å². The Morgan fingerprint density at radius 1 is 0.938 bits per heavy atom. The Morgan fingerprint density at radius 2 is 1.66 bits per heavy atom. The van der Waals surface area contributed by atoms with Crippen LogP contribution in [0.1, 0.15) is 19.3 Å². The van der Waals surface area contributed by atoms with Crippen LogP contribution in [-0.2, 0) is 9.59 Å². The van der Waals surface area contributed by atoms with Crippen LogP contribution in [0.5, 0.6) is 0 Å². The van der Waals surface area contributed by atoms with Gasteiger partial charge in [-0.25, -0.2) is 19.7 Å². The molecule has 2 saturated heterocycles. The summed E-state index contributed by atoms with van der Waals surface area (Å²) in [5.41, 5.74) is 0.576. The second-order valence-corrected chi connectivity index (χ2v) is 8.54. The maximum Gasteiger partial charge on any atom is 0.328 e. The number of amides is 4. The van der Waals surface area contributed by atoms with Crippen LogP contribution < -0.4 is 15.1 Å². The first kappa shape index (κ1) is 20.4. The van der Waals surface area contributed by atoms with Gasteiger partial charge in [0.2, 0.25) is 17.8 Å². The van der Waals surface area contributed by atoms with E-state index in [1.165, 1.54) is 4.90 Å². The molecule has 9 nitrogen and oxygen atoms in total. The van der Waals surface area contributed by atoms with E-state index in [0.717, 1.165) is 0 Å². The molecule has 3 unspecified atom stereocenters. The highest BCUT2D eigenvalue weighted by Gasteiger charge is 2.46. The molecule has 4 amide bonds. The van der Waals surface area contributed by atoms with E-state index in [1.807, 2.05) is 11.0 Å². The minimum absolute atomic E-state index is 0.115. The summed E-state index contributed by atoms with van der Waals surface area (Å²) in [7, 11) is 0. The normalized spacial score (nSPS) is 25.9. The van der Waals surface area contributed by atoms with E-state index in [9.17, 15) is 14.4 Å². The fraction of sp³-hybridized carbons (Fsp3) is 0.435. The fourth-order valence-corrected chi connectivity index (χ4v) is 5.00. The first-order valence-corrected chi connectivity index (χ1v) is 11.1. The standard InChI is InChI=1S/C23H26N6O3/c30-20(27-11-13-28(14-12-27)22-24-9-4-10-25-22)16-7-8-18-19(15-16)26-23(32)29(21(18)31)17-5-2-1-3-6-17/h1-6,9-10,16,18-19H,7-8,11-15H2,(H,26,32). The molecule has 2 aliphatic heterocycles. The molecule has 3 atom stereocenters. The van der Waals surface area contributed by atoms with E-state index in [4.69, 9.17) is 0 Å². The van der Waals surface area contributed by atoms with Gasteiger partial charge in [0.25, 0.3) is 0 Å². The van der Waals surface area contributed by atoms with Crippen LogP contribution in [0.15, 0.2) is 48.8 Å². The maximum atomic E-state index is 13.2. The van der Waals surface area contributed by atoms with Crippen molar-refractivity contribution in [3.05, 3.63) is 48.8 Å². The van der Waals surface area contributed by atoms with Crippen molar-refractivity contribution in [2.24, 2.45) is 11.8 Å². The number of hydrogen-bond acceptors (Lipinski definition) is 6. The molecule has 1 aromatic carbocycles. The molecule has 0 radical (unpaired) electrons. The van der Waals surface area contributed by atoms with Gasteiger partial charge < -0.3 is 15.1 Å². The smallest absolute Gasteiger partial charge is 0.328 e. The van der Waals surface area contributed by atoms with Gasteiger partial charge in [0, 0.05) is 50.5 Å². The van der Waals surface area contributed by atoms with Gasteiger partial charge >= 0.3 is 6.03 Å². The number of hydrogen-bond donors (Lipinski definition) is 1. The Balaban J connectivity index is 1.20. The zero-order chi connectivity index (χ0) is 22.1. The number of urea groups is 1. The summed E-state index contributed by atoms with van der Waals surface area (Å²) in [5, 5.41) is 2.98. The highest BCUT2D eigenvalue weighted by atomic mass is 16.2. The summed E-state index contributed by atoms with van der Waals surface area (Å²) < 4.78 is 0. The van der Waals surface area contributed by atoms with Crippen molar-refractivity contribution >= 4 is 29.5 Å². The summed E-state index contributed by atoms with van der Waals surface area (Å²) in [4.78, 5) is 52.7. The van der Waals surface area contributed by atoms with Crippen molar-refractivity contribution in [2.75, 3.05) is 36.0 Å². The third kappa shape index (κ3) is 3.79. The lowest BCUT2D eigenvalue weighted by Crippen LogP contribution is -2.62. The summed E-state index contributed by atoms with van der Waals surface area (Å²) in [6.07, 6.45) is 5.20. The number of imide groups is 1. The minimum Gasteiger partial charge on any atom is -0.339 e. The van der Waals surface area contributed by atoms with Crippen molar-refractivity contribution in [3.63, 3.8) is 0 Å². The molecule has 3 heterocycles. The highest BCUT2D eigenvalue weighted by Crippen LogP contribution is 2.35. The summed E-state index contributed by atoms with van der Waals surface area (Å²) in [5.74, 6) is 0.166. The SMILES string of the molecule is O=C(C1CCC2C(=O)N(c3ccccc3)C(=O)NC2C1)N1CCN(c2ncccn2)CC1. The summed E-state index contributed by atoms with van der Waals surface area (Å²) in [6.45, 7) is 2.62. The van der Waals surface area contributed by atoms with Gasteiger partial charge in [-0.1, -0.05) is 18.2 Å². The van der Waals surface area contributed by atoms with Crippen molar-refractivity contribution in [3.8, 4) is 0 Å². The minimum atomic E-state index is -0.410. The van der Waals surface area contributed by atoms with Crippen LogP contribution in [0.25, 0.3) is 0 Å². The summed E-state index contributed by atoms with van der Waals surface area (Å²) >= 11 is 0. The van der Waals surface area contributed by atoms with Crippen molar-refractivity contribution in [1.29, 1.82) is 0 Å². The molecule has 0 spiro atoms. The molecule has 1 N–H and O–H groups in total. The molecule has 3 aliphatic rings. The zero-order valence-corrected chi connectivity index (χ0v) is 17.8. The van der Waals surface area contributed by atoms with Crippen LogP contribution >= 0.6 is 0 Å². The van der Waals surface area contributed by atoms with Crippen LogP contribution in [0.3, 0.4) is 0 Å². The topological polar surface area (TPSA) is 98.7 Å². The second-order valence-electron chi connectivity index (χ2n) is 8.54. The summed E-state index contributed by atoms with van der Waals surface area (Å²) in [6, 6.07) is 10.1. The van der Waals surface area contributed by atoms with Gasteiger partial charge in [-0.2, -0.15) is 0 Å². The molecule has 3 fully saturated rings. The van der Waals surface area contributed by atoms with E-state index < -0.39 is 6.03 Å². The number of nitrogens with zero attached hydrogens (tertiary/aromatic N) is 5. The largest absolute Gasteiger partial charge is 0.339 e. The van der Waals surface area contributed by atoms with Crippen molar-refractivity contribution in [2.45, 2.75) is 25.3 Å². The highest BCUT2D eigenvalue weighted by molar-refractivity contribution is 6.17. The predicted molar refractivity (Wildman–Crippen MR) is 118 cm³/mol. The lowest BCUT2D eigenvalue weighted by molar-refractivity contribution is -0.139. The number of aromatic nitrogens is 2. The third-order valence-corrected chi connectivity index (χ3v) is 6.69. The molecule has 1 aliphatic carbocycles. The Hall–Kier alpha value is -3.49. The Morgan fingerprint density at radius 3 is 2.38 bits per heavy atom. The third-order valence-electron chi connectivity index (χ3n) is 6.69. The van der Waals surface area contributed by atoms with Gasteiger partial charge in [-0.05, 0) is 37.5 Å². The molecule has 166 valence electrons. The van der Waals surface area contributed by atoms with Gasteiger partial charge in [-0.3, -0.25) is 9.59 Å². The Bertz CT molecular complexity index is 993.